The topological polar surface area (TPSA) is 18.5 Å². The molecule has 3 aromatic carbocycles. The van der Waals surface area contributed by atoms with Crippen molar-refractivity contribution in [2.45, 2.75) is 4.90 Å². The molecule has 0 N–H and O–H groups in total. The largest absolute Gasteiger partial charge is 0.497 e. The van der Waals surface area contributed by atoms with Crippen molar-refractivity contribution >= 4 is 33.2 Å². The highest BCUT2D eigenvalue weighted by Crippen LogP contribution is 2.46. The molecular formula is C23H20O2S2. The molecule has 0 aliphatic heterocycles. The molecule has 1 aromatic heterocycles. The Morgan fingerprint density at radius 1 is 0.741 bits per heavy atom. The Bertz CT molecular complexity index is 1060. The Hall–Kier alpha value is -2.43. The number of rotatable bonds is 5. The van der Waals surface area contributed by atoms with Crippen molar-refractivity contribution < 1.29 is 9.47 Å². The number of fused-ring (bicyclic) bond motifs is 1. The van der Waals surface area contributed by atoms with Crippen LogP contribution in [0.25, 0.3) is 31.7 Å². The first-order chi connectivity index (χ1) is 13.2. The van der Waals surface area contributed by atoms with Crippen molar-refractivity contribution in [2.24, 2.45) is 0 Å². The van der Waals surface area contributed by atoms with Gasteiger partial charge in [-0.2, -0.15) is 0 Å². The van der Waals surface area contributed by atoms with Crippen molar-refractivity contribution in [3.8, 4) is 33.1 Å². The summed E-state index contributed by atoms with van der Waals surface area (Å²) in [6.45, 7) is 0. The lowest BCUT2D eigenvalue weighted by Crippen LogP contribution is -1.84. The first-order valence-corrected chi connectivity index (χ1v) is 10.7. The molecule has 0 aliphatic rings. The third-order valence-electron chi connectivity index (χ3n) is 4.63. The van der Waals surface area contributed by atoms with Crippen molar-refractivity contribution in [3.63, 3.8) is 0 Å². The van der Waals surface area contributed by atoms with Gasteiger partial charge in [0.1, 0.15) is 11.5 Å². The Labute approximate surface area is 167 Å². The van der Waals surface area contributed by atoms with E-state index in [-0.39, 0.29) is 0 Å². The Kier molecular flexibility index (Phi) is 5.10. The predicted molar refractivity (Wildman–Crippen MR) is 118 cm³/mol. The van der Waals surface area contributed by atoms with Crippen molar-refractivity contribution in [1.82, 2.24) is 0 Å². The van der Waals surface area contributed by atoms with Crippen LogP contribution in [0.3, 0.4) is 0 Å². The van der Waals surface area contributed by atoms with Gasteiger partial charge in [-0.1, -0.05) is 12.1 Å². The Morgan fingerprint density at radius 3 is 2.00 bits per heavy atom. The predicted octanol–water partition coefficient (Wildman–Crippen LogP) is 6.97. The van der Waals surface area contributed by atoms with E-state index in [1.54, 1.807) is 26.0 Å². The van der Waals surface area contributed by atoms with Gasteiger partial charge in [-0.05, 0) is 72.0 Å². The SMILES string of the molecule is COc1ccc(-c2sc3ccc(OC)cc3c2-c2ccc(SC)cc2)cc1. The second kappa shape index (κ2) is 7.67. The minimum atomic E-state index is 0.868. The second-order valence-electron chi connectivity index (χ2n) is 6.13. The standard InChI is InChI=1S/C23H20O2S2/c1-24-17-8-4-16(5-9-17)23-22(15-6-11-19(26-3)12-7-15)20-14-18(25-2)10-13-21(20)27-23/h4-14H,1-3H3. The molecule has 4 heteroatoms. The zero-order valence-electron chi connectivity index (χ0n) is 15.5. The summed E-state index contributed by atoms with van der Waals surface area (Å²) in [6, 6.07) is 23.4. The van der Waals surface area contributed by atoms with E-state index in [1.165, 1.54) is 36.5 Å². The molecule has 0 atom stereocenters. The first-order valence-electron chi connectivity index (χ1n) is 8.63. The average molecular weight is 393 g/mol. The van der Waals surface area contributed by atoms with Crippen LogP contribution in [0.4, 0.5) is 0 Å². The number of hydrogen-bond donors (Lipinski definition) is 0. The van der Waals surface area contributed by atoms with Crippen molar-refractivity contribution in [1.29, 1.82) is 0 Å². The van der Waals surface area contributed by atoms with Gasteiger partial charge in [0, 0.05) is 25.4 Å². The fourth-order valence-electron chi connectivity index (χ4n) is 3.19. The van der Waals surface area contributed by atoms with E-state index in [1.807, 2.05) is 29.5 Å². The fourth-order valence-corrected chi connectivity index (χ4v) is 4.81. The summed E-state index contributed by atoms with van der Waals surface area (Å²) < 4.78 is 12.1. The molecule has 0 saturated carbocycles. The molecule has 0 amide bonds. The number of methoxy groups -OCH3 is 2. The van der Waals surface area contributed by atoms with Crippen molar-refractivity contribution in [3.05, 3.63) is 66.7 Å². The van der Waals surface area contributed by atoms with Crippen LogP contribution in [0.2, 0.25) is 0 Å². The molecular weight excluding hydrogens is 372 g/mol. The smallest absolute Gasteiger partial charge is 0.119 e. The van der Waals surface area contributed by atoms with Gasteiger partial charge in [-0.3, -0.25) is 0 Å². The number of hydrogen-bond acceptors (Lipinski definition) is 4. The Balaban J connectivity index is 1.95. The van der Waals surface area contributed by atoms with Gasteiger partial charge < -0.3 is 9.47 Å². The lowest BCUT2D eigenvalue weighted by Gasteiger charge is -2.08. The van der Waals surface area contributed by atoms with Gasteiger partial charge >= 0.3 is 0 Å². The number of benzene rings is 3. The van der Waals surface area contributed by atoms with E-state index < -0.39 is 0 Å². The summed E-state index contributed by atoms with van der Waals surface area (Å²) in [5, 5.41) is 1.22. The summed E-state index contributed by atoms with van der Waals surface area (Å²) in [6.07, 6.45) is 2.10. The average Bonchev–Trinajstić information content (AvgIpc) is 3.12. The quantitative estimate of drug-likeness (QED) is 0.342. The molecule has 2 nitrogen and oxygen atoms in total. The second-order valence-corrected chi connectivity index (χ2v) is 8.06. The lowest BCUT2D eigenvalue weighted by molar-refractivity contribution is 0.415. The third-order valence-corrected chi connectivity index (χ3v) is 6.59. The summed E-state index contributed by atoms with van der Waals surface area (Å²) in [5.41, 5.74) is 3.67. The summed E-state index contributed by atoms with van der Waals surface area (Å²) in [5.74, 6) is 1.75. The maximum absolute atomic E-state index is 5.48. The molecule has 0 spiro atoms. The maximum atomic E-state index is 5.48. The van der Waals surface area contributed by atoms with Crippen LogP contribution in [0, 0.1) is 0 Å². The lowest BCUT2D eigenvalue weighted by atomic mass is 9.99. The Morgan fingerprint density at radius 2 is 1.37 bits per heavy atom. The van der Waals surface area contributed by atoms with Gasteiger partial charge in [0.2, 0.25) is 0 Å². The van der Waals surface area contributed by atoms with Crippen LogP contribution in [0.15, 0.2) is 71.6 Å². The molecule has 136 valence electrons. The van der Waals surface area contributed by atoms with Gasteiger partial charge in [0.15, 0.2) is 0 Å². The van der Waals surface area contributed by atoms with Crippen LogP contribution in [-0.4, -0.2) is 20.5 Å². The van der Waals surface area contributed by atoms with Gasteiger partial charge in [0.25, 0.3) is 0 Å². The number of thioether (sulfide) groups is 1. The molecule has 0 aliphatic carbocycles. The van der Waals surface area contributed by atoms with E-state index >= 15 is 0 Å². The van der Waals surface area contributed by atoms with Crippen LogP contribution in [0.1, 0.15) is 0 Å². The third kappa shape index (κ3) is 3.43. The highest BCUT2D eigenvalue weighted by Gasteiger charge is 2.16. The molecule has 1 heterocycles. The van der Waals surface area contributed by atoms with E-state index in [0.717, 1.165) is 11.5 Å². The van der Waals surface area contributed by atoms with E-state index in [4.69, 9.17) is 9.47 Å². The molecule has 0 unspecified atom stereocenters. The first kappa shape index (κ1) is 18.0. The molecule has 4 aromatic rings. The van der Waals surface area contributed by atoms with Crippen molar-refractivity contribution in [2.75, 3.05) is 20.5 Å². The van der Waals surface area contributed by atoms with Crippen LogP contribution < -0.4 is 9.47 Å². The fraction of sp³-hybridized carbons (Fsp3) is 0.130. The van der Waals surface area contributed by atoms with Crippen LogP contribution in [-0.2, 0) is 0 Å². The number of thiophene rings is 1. The van der Waals surface area contributed by atoms with E-state index in [9.17, 15) is 0 Å². The summed E-state index contributed by atoms with van der Waals surface area (Å²) in [7, 11) is 3.41. The van der Waals surface area contributed by atoms with E-state index in [2.05, 4.69) is 54.8 Å². The zero-order valence-corrected chi connectivity index (χ0v) is 17.1. The molecule has 0 bridgehead atoms. The molecule has 0 fully saturated rings. The summed E-state index contributed by atoms with van der Waals surface area (Å²) in [4.78, 5) is 2.53. The van der Waals surface area contributed by atoms with Gasteiger partial charge in [-0.25, -0.2) is 0 Å². The molecule has 0 saturated heterocycles. The van der Waals surface area contributed by atoms with E-state index in [0.29, 0.717) is 0 Å². The van der Waals surface area contributed by atoms with Crippen LogP contribution in [0.5, 0.6) is 11.5 Å². The number of ether oxygens (including phenoxy) is 2. The minimum Gasteiger partial charge on any atom is -0.497 e. The molecule has 0 radical (unpaired) electrons. The van der Waals surface area contributed by atoms with Gasteiger partial charge in [0.05, 0.1) is 14.2 Å². The summed E-state index contributed by atoms with van der Waals surface area (Å²) >= 11 is 3.57. The molecule has 4 rings (SSSR count). The molecule has 27 heavy (non-hydrogen) atoms. The highest BCUT2D eigenvalue weighted by atomic mass is 32.2. The van der Waals surface area contributed by atoms with Crippen LogP contribution >= 0.6 is 23.1 Å². The van der Waals surface area contributed by atoms with Gasteiger partial charge in [-0.15, -0.1) is 23.1 Å². The monoisotopic (exact) mass is 392 g/mol. The minimum absolute atomic E-state index is 0.868. The zero-order chi connectivity index (χ0) is 18.8. The highest BCUT2D eigenvalue weighted by molar-refractivity contribution is 7.98. The maximum Gasteiger partial charge on any atom is 0.119 e. The normalized spacial score (nSPS) is 10.9.